The van der Waals surface area contributed by atoms with Gasteiger partial charge in [-0.1, -0.05) is 25.8 Å². The van der Waals surface area contributed by atoms with Crippen LogP contribution < -0.4 is 10.6 Å². The number of terminal acetylenes is 1. The zero-order valence-corrected chi connectivity index (χ0v) is 14.4. The fourth-order valence-electron chi connectivity index (χ4n) is 2.29. The summed E-state index contributed by atoms with van der Waals surface area (Å²) < 4.78 is 13.1. The first kappa shape index (κ1) is 19.7. The highest BCUT2D eigenvalue weighted by molar-refractivity contribution is 5.92. The van der Waals surface area contributed by atoms with E-state index in [0.29, 0.717) is 18.5 Å². The fourth-order valence-corrected chi connectivity index (χ4v) is 2.29. The van der Waals surface area contributed by atoms with E-state index in [1.165, 1.54) is 18.2 Å². The largest absolute Gasteiger partial charge is 0.339 e. The number of benzene rings is 1. The highest BCUT2D eigenvalue weighted by Gasteiger charge is 2.25. The second kappa shape index (κ2) is 9.04. The van der Waals surface area contributed by atoms with Crippen LogP contribution in [0.3, 0.4) is 0 Å². The first-order valence-electron chi connectivity index (χ1n) is 7.87. The lowest BCUT2D eigenvalue weighted by Gasteiger charge is -2.28. The number of carbonyl (C=O) groups excluding carboxylic acids is 2. The van der Waals surface area contributed by atoms with Crippen molar-refractivity contribution in [2.45, 2.75) is 32.2 Å². The van der Waals surface area contributed by atoms with Crippen LogP contribution in [0, 0.1) is 18.2 Å². The normalized spacial score (nSPS) is 11.0. The molecule has 0 aliphatic rings. The Kier molecular flexibility index (Phi) is 7.40. The molecule has 0 unspecified atom stereocenters. The third-order valence-corrected chi connectivity index (χ3v) is 3.80. The minimum atomic E-state index is -0.651. The molecule has 0 aromatic heterocycles. The highest BCUT2D eigenvalue weighted by Crippen LogP contribution is 2.13. The Morgan fingerprint density at radius 1 is 1.25 bits per heavy atom. The molecule has 6 heteroatoms. The Morgan fingerprint density at radius 2 is 1.88 bits per heavy atom. The molecule has 0 aliphatic heterocycles. The number of nitrogens with zero attached hydrogens (tertiary/aromatic N) is 1. The van der Waals surface area contributed by atoms with Crippen molar-refractivity contribution in [1.82, 2.24) is 10.2 Å². The molecule has 0 spiro atoms. The second-order valence-electron chi connectivity index (χ2n) is 5.71. The summed E-state index contributed by atoms with van der Waals surface area (Å²) in [7, 11) is 1.65. The number of halogens is 1. The van der Waals surface area contributed by atoms with E-state index in [4.69, 9.17) is 6.42 Å². The molecule has 1 aromatic carbocycles. The SMILES string of the molecule is C#CC(CC)(CC)NC(=O)CN(C)CC(=O)Nc1cccc(F)c1. The number of anilines is 1. The third-order valence-electron chi connectivity index (χ3n) is 3.80. The van der Waals surface area contributed by atoms with E-state index in [2.05, 4.69) is 16.6 Å². The predicted octanol–water partition coefficient (Wildman–Crippen LogP) is 2.00. The molecular weight excluding hydrogens is 309 g/mol. The van der Waals surface area contributed by atoms with Gasteiger partial charge in [-0.2, -0.15) is 0 Å². The molecule has 2 N–H and O–H groups in total. The maximum absolute atomic E-state index is 13.1. The highest BCUT2D eigenvalue weighted by atomic mass is 19.1. The van der Waals surface area contributed by atoms with Crippen molar-refractivity contribution in [2.24, 2.45) is 0 Å². The first-order chi connectivity index (χ1) is 11.3. The monoisotopic (exact) mass is 333 g/mol. The summed E-state index contributed by atoms with van der Waals surface area (Å²) in [6.07, 6.45) is 6.78. The summed E-state index contributed by atoms with van der Waals surface area (Å²) in [5.74, 6) is 1.64. The summed E-state index contributed by atoms with van der Waals surface area (Å²) in [5, 5.41) is 5.43. The molecule has 0 bridgehead atoms. The number of carbonyl (C=O) groups is 2. The minimum absolute atomic E-state index is 0.00520. The van der Waals surface area contributed by atoms with Crippen LogP contribution in [-0.4, -0.2) is 42.4 Å². The van der Waals surface area contributed by atoms with Gasteiger partial charge in [-0.25, -0.2) is 4.39 Å². The van der Waals surface area contributed by atoms with Crippen LogP contribution in [0.5, 0.6) is 0 Å². The van der Waals surface area contributed by atoms with Gasteiger partial charge in [0.25, 0.3) is 0 Å². The predicted molar refractivity (Wildman–Crippen MR) is 92.8 cm³/mol. The van der Waals surface area contributed by atoms with Crippen LogP contribution in [0.1, 0.15) is 26.7 Å². The van der Waals surface area contributed by atoms with Crippen molar-refractivity contribution in [2.75, 3.05) is 25.5 Å². The van der Waals surface area contributed by atoms with Crippen LogP contribution in [-0.2, 0) is 9.59 Å². The van der Waals surface area contributed by atoms with Gasteiger partial charge in [0.15, 0.2) is 0 Å². The summed E-state index contributed by atoms with van der Waals surface area (Å²) in [6.45, 7) is 3.88. The van der Waals surface area contributed by atoms with Gasteiger partial charge in [-0.15, -0.1) is 6.42 Å². The summed E-state index contributed by atoms with van der Waals surface area (Å²) in [5.41, 5.74) is -0.275. The average molecular weight is 333 g/mol. The molecule has 0 atom stereocenters. The Hall–Kier alpha value is -2.39. The summed E-state index contributed by atoms with van der Waals surface area (Å²) in [4.78, 5) is 25.6. The second-order valence-corrected chi connectivity index (χ2v) is 5.71. The lowest BCUT2D eigenvalue weighted by molar-refractivity contribution is -0.124. The van der Waals surface area contributed by atoms with Crippen LogP contribution in [0.2, 0.25) is 0 Å². The summed E-state index contributed by atoms with van der Waals surface area (Å²) >= 11 is 0. The van der Waals surface area contributed by atoms with Gasteiger partial charge in [0, 0.05) is 5.69 Å². The zero-order valence-electron chi connectivity index (χ0n) is 14.4. The number of rotatable bonds is 8. The van der Waals surface area contributed by atoms with Gasteiger partial charge in [0.2, 0.25) is 11.8 Å². The quantitative estimate of drug-likeness (QED) is 0.716. The molecule has 0 aliphatic carbocycles. The first-order valence-corrected chi connectivity index (χ1v) is 7.87. The van der Waals surface area contributed by atoms with E-state index in [-0.39, 0.29) is 24.9 Å². The van der Waals surface area contributed by atoms with E-state index in [1.807, 2.05) is 13.8 Å². The molecule has 0 fully saturated rings. The molecule has 130 valence electrons. The van der Waals surface area contributed by atoms with Gasteiger partial charge < -0.3 is 10.6 Å². The lowest BCUT2D eigenvalue weighted by Crippen LogP contribution is -2.50. The van der Waals surface area contributed by atoms with Gasteiger partial charge in [0.05, 0.1) is 13.1 Å². The Morgan fingerprint density at radius 3 is 2.42 bits per heavy atom. The van der Waals surface area contributed by atoms with E-state index in [1.54, 1.807) is 18.0 Å². The molecule has 0 radical (unpaired) electrons. The van der Waals surface area contributed by atoms with E-state index in [9.17, 15) is 14.0 Å². The number of amides is 2. The molecule has 2 amide bonds. The maximum Gasteiger partial charge on any atom is 0.238 e. The Labute approximate surface area is 142 Å². The van der Waals surface area contributed by atoms with Crippen molar-refractivity contribution in [3.63, 3.8) is 0 Å². The Balaban J connectivity index is 2.50. The van der Waals surface area contributed by atoms with Gasteiger partial charge in [-0.3, -0.25) is 14.5 Å². The van der Waals surface area contributed by atoms with E-state index >= 15 is 0 Å². The molecule has 1 aromatic rings. The van der Waals surface area contributed by atoms with Crippen LogP contribution in [0.4, 0.5) is 10.1 Å². The van der Waals surface area contributed by atoms with Gasteiger partial charge in [0.1, 0.15) is 11.4 Å². The molecule has 0 heterocycles. The molecular formula is C18H24FN3O2. The summed E-state index contributed by atoms with van der Waals surface area (Å²) in [6, 6.07) is 5.63. The zero-order chi connectivity index (χ0) is 18.2. The number of nitrogens with one attached hydrogen (secondary N) is 2. The van der Waals surface area contributed by atoms with Crippen molar-refractivity contribution >= 4 is 17.5 Å². The average Bonchev–Trinajstić information content (AvgIpc) is 2.52. The lowest BCUT2D eigenvalue weighted by atomic mass is 9.94. The molecule has 1 rings (SSSR count). The molecule has 0 saturated heterocycles. The van der Waals surface area contributed by atoms with Crippen LogP contribution in [0.15, 0.2) is 24.3 Å². The van der Waals surface area contributed by atoms with Crippen molar-refractivity contribution in [3.8, 4) is 12.3 Å². The molecule has 24 heavy (non-hydrogen) atoms. The van der Waals surface area contributed by atoms with Crippen molar-refractivity contribution < 1.29 is 14.0 Å². The Bertz CT molecular complexity index is 621. The number of hydrogen-bond acceptors (Lipinski definition) is 3. The third kappa shape index (κ3) is 6.01. The van der Waals surface area contributed by atoms with Gasteiger partial charge in [-0.05, 0) is 38.1 Å². The van der Waals surface area contributed by atoms with Gasteiger partial charge >= 0.3 is 0 Å². The minimum Gasteiger partial charge on any atom is -0.339 e. The number of hydrogen-bond donors (Lipinski definition) is 2. The van der Waals surface area contributed by atoms with E-state index in [0.717, 1.165) is 0 Å². The maximum atomic E-state index is 13.1. The van der Waals surface area contributed by atoms with Crippen LogP contribution >= 0.6 is 0 Å². The fraction of sp³-hybridized carbons (Fsp3) is 0.444. The van der Waals surface area contributed by atoms with E-state index < -0.39 is 11.4 Å². The van der Waals surface area contributed by atoms with Crippen LogP contribution in [0.25, 0.3) is 0 Å². The molecule has 5 nitrogen and oxygen atoms in total. The smallest absolute Gasteiger partial charge is 0.238 e. The standard InChI is InChI=1S/C18H24FN3O2/c1-5-18(6-2,7-3)21-17(24)13-22(4)12-16(23)20-15-10-8-9-14(19)11-15/h1,8-11H,6-7,12-13H2,2-4H3,(H,20,23)(H,21,24). The topological polar surface area (TPSA) is 61.4 Å². The van der Waals surface area contributed by atoms with Crippen molar-refractivity contribution in [1.29, 1.82) is 0 Å². The van der Waals surface area contributed by atoms with Crippen molar-refractivity contribution in [3.05, 3.63) is 30.1 Å². The molecule has 0 saturated carbocycles. The number of likely N-dealkylation sites (N-methyl/N-ethyl adjacent to an activating group) is 1.